The van der Waals surface area contributed by atoms with Crippen LogP contribution in [0.2, 0.25) is 0 Å². The van der Waals surface area contributed by atoms with Gasteiger partial charge < -0.3 is 5.32 Å². The Kier molecular flexibility index (Phi) is 5.54. The highest BCUT2D eigenvalue weighted by atomic mass is 14.9. The molecule has 1 heterocycles. The number of hydrogen-bond donors (Lipinski definition) is 1. The minimum Gasteiger partial charge on any atom is -0.310 e. The summed E-state index contributed by atoms with van der Waals surface area (Å²) in [5, 5.41) is 4.85. The van der Waals surface area contributed by atoms with E-state index >= 15 is 0 Å². The molecule has 1 aromatic carbocycles. The summed E-state index contributed by atoms with van der Waals surface area (Å²) in [4.78, 5) is 4.50. The van der Waals surface area contributed by atoms with Gasteiger partial charge in [-0.2, -0.15) is 0 Å². The van der Waals surface area contributed by atoms with Gasteiger partial charge in [0.25, 0.3) is 0 Å². The first-order valence-corrected chi connectivity index (χ1v) is 7.73. The zero-order valence-electron chi connectivity index (χ0n) is 12.9. The van der Waals surface area contributed by atoms with E-state index in [1.807, 2.05) is 12.3 Å². The van der Waals surface area contributed by atoms with Gasteiger partial charge in [-0.1, -0.05) is 51.0 Å². The van der Waals surface area contributed by atoms with Crippen molar-refractivity contribution in [1.29, 1.82) is 0 Å². The second-order valence-electron chi connectivity index (χ2n) is 6.10. The molecule has 0 saturated heterocycles. The summed E-state index contributed by atoms with van der Waals surface area (Å²) in [6.45, 7) is 7.76. The largest absolute Gasteiger partial charge is 0.310 e. The number of nitrogens with zero attached hydrogens (tertiary/aromatic N) is 1. The van der Waals surface area contributed by atoms with E-state index in [1.165, 1.54) is 30.2 Å². The summed E-state index contributed by atoms with van der Waals surface area (Å²) in [5.74, 6) is 0.810. The highest BCUT2D eigenvalue weighted by molar-refractivity contribution is 5.81. The van der Waals surface area contributed by atoms with Crippen LogP contribution in [0.4, 0.5) is 0 Å². The van der Waals surface area contributed by atoms with E-state index in [0.29, 0.717) is 6.04 Å². The molecule has 0 aliphatic rings. The van der Waals surface area contributed by atoms with Gasteiger partial charge in [0, 0.05) is 24.2 Å². The molecule has 0 amide bonds. The van der Waals surface area contributed by atoms with Gasteiger partial charge in [-0.05, 0) is 30.9 Å². The Labute approximate surface area is 122 Å². The van der Waals surface area contributed by atoms with Crippen molar-refractivity contribution >= 4 is 10.9 Å². The number of fused-ring (bicyclic) bond motifs is 1. The van der Waals surface area contributed by atoms with Crippen LogP contribution in [0, 0.1) is 5.92 Å². The molecule has 1 aromatic heterocycles. The fourth-order valence-electron chi connectivity index (χ4n) is 2.53. The molecular weight excluding hydrogens is 244 g/mol. The van der Waals surface area contributed by atoms with Crippen molar-refractivity contribution in [2.75, 3.05) is 0 Å². The van der Waals surface area contributed by atoms with Crippen LogP contribution < -0.4 is 5.32 Å². The predicted molar refractivity (Wildman–Crippen MR) is 86.7 cm³/mol. The standard InChI is InChI=1S/C18H26N2/c1-14(2)7-4-8-15(3)20-13-17-10-5-9-16-11-6-12-19-18(16)17/h5-6,9-12,14-15,20H,4,7-8,13H2,1-3H3. The average molecular weight is 270 g/mol. The predicted octanol–water partition coefficient (Wildman–Crippen LogP) is 4.54. The Bertz CT molecular complexity index is 528. The smallest absolute Gasteiger partial charge is 0.0746 e. The first-order chi connectivity index (χ1) is 9.66. The highest BCUT2D eigenvalue weighted by Gasteiger charge is 2.05. The van der Waals surface area contributed by atoms with Crippen molar-refractivity contribution in [3.8, 4) is 0 Å². The van der Waals surface area contributed by atoms with Crippen molar-refractivity contribution < 1.29 is 0 Å². The van der Waals surface area contributed by atoms with Crippen molar-refractivity contribution in [2.45, 2.75) is 52.6 Å². The van der Waals surface area contributed by atoms with Crippen molar-refractivity contribution in [1.82, 2.24) is 10.3 Å². The lowest BCUT2D eigenvalue weighted by Gasteiger charge is -2.15. The number of nitrogens with one attached hydrogen (secondary N) is 1. The molecule has 2 nitrogen and oxygen atoms in total. The van der Waals surface area contributed by atoms with Gasteiger partial charge in [-0.25, -0.2) is 0 Å². The van der Waals surface area contributed by atoms with E-state index in [4.69, 9.17) is 0 Å². The lowest BCUT2D eigenvalue weighted by Crippen LogP contribution is -2.25. The van der Waals surface area contributed by atoms with E-state index in [1.54, 1.807) is 0 Å². The van der Waals surface area contributed by atoms with Gasteiger partial charge in [0.2, 0.25) is 0 Å². The van der Waals surface area contributed by atoms with Crippen LogP contribution in [-0.4, -0.2) is 11.0 Å². The van der Waals surface area contributed by atoms with Crippen molar-refractivity contribution in [3.05, 3.63) is 42.1 Å². The van der Waals surface area contributed by atoms with E-state index < -0.39 is 0 Å². The van der Waals surface area contributed by atoms with Crippen LogP contribution in [0.5, 0.6) is 0 Å². The van der Waals surface area contributed by atoms with E-state index in [2.05, 4.69) is 55.3 Å². The maximum Gasteiger partial charge on any atom is 0.0746 e. The van der Waals surface area contributed by atoms with Crippen LogP contribution >= 0.6 is 0 Å². The first-order valence-electron chi connectivity index (χ1n) is 7.73. The lowest BCUT2D eigenvalue weighted by atomic mass is 10.0. The summed E-state index contributed by atoms with van der Waals surface area (Å²) in [7, 11) is 0. The molecule has 0 bridgehead atoms. The van der Waals surface area contributed by atoms with E-state index in [-0.39, 0.29) is 0 Å². The van der Waals surface area contributed by atoms with E-state index in [9.17, 15) is 0 Å². The topological polar surface area (TPSA) is 24.9 Å². The fourth-order valence-corrected chi connectivity index (χ4v) is 2.53. The Morgan fingerprint density at radius 1 is 1.05 bits per heavy atom. The molecule has 2 aromatic rings. The van der Waals surface area contributed by atoms with Crippen LogP contribution in [0.1, 0.15) is 45.6 Å². The second kappa shape index (κ2) is 7.39. The molecule has 108 valence electrons. The van der Waals surface area contributed by atoms with Crippen molar-refractivity contribution in [3.63, 3.8) is 0 Å². The fraction of sp³-hybridized carbons (Fsp3) is 0.500. The Balaban J connectivity index is 1.89. The molecule has 0 saturated carbocycles. The molecule has 1 atom stereocenters. The van der Waals surface area contributed by atoms with Gasteiger partial charge in [-0.3, -0.25) is 4.98 Å². The first kappa shape index (κ1) is 15.0. The number of aromatic nitrogens is 1. The third-order valence-corrected chi connectivity index (χ3v) is 3.78. The monoisotopic (exact) mass is 270 g/mol. The minimum atomic E-state index is 0.563. The van der Waals surface area contributed by atoms with Crippen LogP contribution in [0.15, 0.2) is 36.5 Å². The second-order valence-corrected chi connectivity index (χ2v) is 6.10. The third kappa shape index (κ3) is 4.31. The molecular formula is C18H26N2. The quantitative estimate of drug-likeness (QED) is 0.799. The normalized spacial score (nSPS) is 13.0. The zero-order chi connectivity index (χ0) is 14.4. The van der Waals surface area contributed by atoms with E-state index in [0.717, 1.165) is 18.0 Å². The summed E-state index contributed by atoms with van der Waals surface area (Å²) in [6.07, 6.45) is 5.75. The summed E-state index contributed by atoms with van der Waals surface area (Å²) < 4.78 is 0. The molecule has 1 N–H and O–H groups in total. The van der Waals surface area contributed by atoms with Gasteiger partial charge >= 0.3 is 0 Å². The number of benzene rings is 1. The van der Waals surface area contributed by atoms with Gasteiger partial charge in [0.05, 0.1) is 5.52 Å². The summed E-state index contributed by atoms with van der Waals surface area (Å²) in [5.41, 5.74) is 2.41. The molecule has 0 fully saturated rings. The summed E-state index contributed by atoms with van der Waals surface area (Å²) in [6, 6.07) is 11.1. The molecule has 2 heteroatoms. The minimum absolute atomic E-state index is 0.563. The molecule has 0 radical (unpaired) electrons. The Morgan fingerprint density at radius 3 is 2.65 bits per heavy atom. The van der Waals surface area contributed by atoms with Crippen LogP contribution in [-0.2, 0) is 6.54 Å². The highest BCUT2D eigenvalue weighted by Crippen LogP contribution is 2.16. The Morgan fingerprint density at radius 2 is 1.85 bits per heavy atom. The molecule has 20 heavy (non-hydrogen) atoms. The van der Waals surface area contributed by atoms with Crippen molar-refractivity contribution in [2.24, 2.45) is 5.92 Å². The third-order valence-electron chi connectivity index (χ3n) is 3.78. The lowest BCUT2D eigenvalue weighted by molar-refractivity contribution is 0.457. The number of para-hydroxylation sites is 1. The molecule has 0 spiro atoms. The van der Waals surface area contributed by atoms with Gasteiger partial charge in [-0.15, -0.1) is 0 Å². The van der Waals surface area contributed by atoms with Crippen LogP contribution in [0.3, 0.4) is 0 Å². The Hall–Kier alpha value is -1.41. The molecule has 1 unspecified atom stereocenters. The average Bonchev–Trinajstić information content (AvgIpc) is 2.44. The number of hydrogen-bond acceptors (Lipinski definition) is 2. The van der Waals surface area contributed by atoms with Gasteiger partial charge in [0.1, 0.15) is 0 Å². The molecule has 0 aliphatic carbocycles. The molecule has 0 aliphatic heterocycles. The zero-order valence-corrected chi connectivity index (χ0v) is 12.9. The maximum atomic E-state index is 4.50. The maximum absolute atomic E-state index is 4.50. The van der Waals surface area contributed by atoms with Gasteiger partial charge in [0.15, 0.2) is 0 Å². The number of rotatable bonds is 7. The van der Waals surface area contributed by atoms with Crippen LogP contribution in [0.25, 0.3) is 10.9 Å². The number of pyridine rings is 1. The molecule has 2 rings (SSSR count). The summed E-state index contributed by atoms with van der Waals surface area (Å²) >= 11 is 0. The SMILES string of the molecule is CC(C)CCCC(C)NCc1cccc2cccnc12.